The molecule has 12 heteroatoms. The Morgan fingerprint density at radius 3 is 1.16 bits per heavy atom. The van der Waals surface area contributed by atoms with Crippen LogP contribution in [0.4, 0.5) is 0 Å². The number of aromatic nitrogens is 12. The van der Waals surface area contributed by atoms with E-state index < -0.39 is 0 Å². The van der Waals surface area contributed by atoms with Crippen LogP contribution in [0.25, 0.3) is 78.8 Å². The second-order valence-corrected chi connectivity index (χ2v) is 27.2. The summed E-state index contributed by atoms with van der Waals surface area (Å²) in [4.78, 5) is 52.8. The first kappa shape index (κ1) is 77.0. The lowest BCUT2D eigenvalue weighted by atomic mass is 9.93. The molecule has 0 atom stereocenters. The standard InChI is InChI=1S/C18H15N.C16H13N3.2C13H13N.C12H21N3.C12H11N.C7H10N2/c1-14-12-17(15-8-4-2-5-9-15)19-18(13-14)16-10-6-3-7-11-16;1-12-17-15(13-8-4-2-5-9-13)19-16(18-12)14-10-6-3-7-11-14;1-10-5-3-7-12(9-10)13-8-4-6-11(2)14-13;1-10-8-14-9-13(11(10)2)12-6-4-3-5-7-12;1-8-13-9(11(2,3)4)15-10(14-8)12(5,6)7;1-10-12(8-5-9-13-10)11-6-3-2-4-7-11;1-5-4-8-6(2)7(3)9-5/h2-13H,1H3;2-11H,1H3;2*3-9H,1-2H3;1-7H3;2-9H,1H3;4H,1-3H3. The Morgan fingerprint density at radius 1 is 0.262 bits per heavy atom. The van der Waals surface area contributed by atoms with E-state index in [-0.39, 0.29) is 10.8 Å². The molecule has 0 amide bonds. The predicted octanol–water partition coefficient (Wildman–Crippen LogP) is 22.2. The maximum atomic E-state index is 4.77. The summed E-state index contributed by atoms with van der Waals surface area (Å²) in [5.74, 6) is 4.71. The van der Waals surface area contributed by atoms with Crippen molar-refractivity contribution in [2.45, 2.75) is 129 Å². The van der Waals surface area contributed by atoms with Gasteiger partial charge in [-0.25, -0.2) is 34.9 Å². The molecule has 0 radical (unpaired) electrons. The highest BCUT2D eigenvalue weighted by molar-refractivity contribution is 5.69. The minimum Gasteiger partial charge on any atom is -0.264 e. The monoisotopic (exact) mass is 1360 g/mol. The summed E-state index contributed by atoms with van der Waals surface area (Å²) >= 11 is 0. The van der Waals surface area contributed by atoms with Crippen LogP contribution in [0.2, 0.25) is 0 Å². The number of pyridine rings is 4. The van der Waals surface area contributed by atoms with Crippen LogP contribution in [0.1, 0.15) is 116 Å². The summed E-state index contributed by atoms with van der Waals surface area (Å²) in [5, 5.41) is 0. The molecule has 14 aromatic rings. The molecule has 0 aliphatic carbocycles. The van der Waals surface area contributed by atoms with E-state index in [9.17, 15) is 0 Å². The van der Waals surface area contributed by atoms with Gasteiger partial charge in [0.05, 0.1) is 34.2 Å². The van der Waals surface area contributed by atoms with Crippen molar-refractivity contribution in [3.63, 3.8) is 0 Å². The van der Waals surface area contributed by atoms with Crippen LogP contribution in [0, 0.1) is 76.2 Å². The van der Waals surface area contributed by atoms with Crippen molar-refractivity contribution in [2.24, 2.45) is 0 Å². The van der Waals surface area contributed by atoms with Gasteiger partial charge in [-0.15, -0.1) is 0 Å². The van der Waals surface area contributed by atoms with Gasteiger partial charge < -0.3 is 0 Å². The van der Waals surface area contributed by atoms with Crippen molar-refractivity contribution >= 4 is 0 Å². The zero-order chi connectivity index (χ0) is 73.9. The van der Waals surface area contributed by atoms with E-state index in [4.69, 9.17) is 4.98 Å². The van der Waals surface area contributed by atoms with Gasteiger partial charge in [-0.3, -0.25) is 24.9 Å². The van der Waals surface area contributed by atoms with Gasteiger partial charge in [-0.1, -0.05) is 259 Å². The molecule has 0 saturated carbocycles. The van der Waals surface area contributed by atoms with Crippen LogP contribution in [0.3, 0.4) is 0 Å². The number of rotatable bonds is 7. The maximum absolute atomic E-state index is 4.77. The zero-order valence-corrected chi connectivity index (χ0v) is 62.8. The number of hydrogen-bond acceptors (Lipinski definition) is 12. The van der Waals surface area contributed by atoms with E-state index in [2.05, 4.69) is 227 Å². The molecule has 7 aromatic carbocycles. The lowest BCUT2D eigenvalue weighted by molar-refractivity contribution is 0.491. The van der Waals surface area contributed by atoms with Crippen molar-refractivity contribution in [1.82, 2.24) is 59.8 Å². The van der Waals surface area contributed by atoms with Gasteiger partial charge in [0, 0.05) is 85.9 Å². The average Bonchev–Trinajstić information content (AvgIpc) is 0.895. The molecule has 12 nitrogen and oxygen atoms in total. The first-order valence-electron chi connectivity index (χ1n) is 34.8. The van der Waals surface area contributed by atoms with Crippen molar-refractivity contribution < 1.29 is 0 Å². The summed E-state index contributed by atoms with van der Waals surface area (Å²) in [6.07, 6.45) is 7.43. The van der Waals surface area contributed by atoms with E-state index >= 15 is 0 Å². The molecule has 0 aliphatic rings. The van der Waals surface area contributed by atoms with Crippen molar-refractivity contribution in [3.8, 4) is 78.8 Å². The molecule has 0 bridgehead atoms. The van der Waals surface area contributed by atoms with E-state index in [1.54, 1.807) is 6.20 Å². The third-order valence-corrected chi connectivity index (χ3v) is 16.2. The number of hydrogen-bond donors (Lipinski definition) is 0. The van der Waals surface area contributed by atoms with Gasteiger partial charge in [0.2, 0.25) is 0 Å². The molecular weight excluding hydrogens is 1260 g/mol. The second kappa shape index (κ2) is 37.6. The SMILES string of the molecule is Cc1cc(-c2ccccc2)nc(-c2ccccc2)c1.Cc1cccc(-c2cccc(C)n2)c1.Cc1cnc(C)c(C)n1.Cc1cncc(-c2ccccc2)c1C.Cc1nc(-c2ccccc2)nc(-c2ccccc2)n1.Cc1nc(C(C)(C)C)nc(C(C)(C)C)n1.Cc1ncccc1-c1ccccc1. The van der Waals surface area contributed by atoms with E-state index in [1.165, 1.54) is 50.1 Å². The van der Waals surface area contributed by atoms with E-state index in [1.807, 2.05) is 213 Å². The largest absolute Gasteiger partial charge is 0.264 e. The number of nitrogens with zero attached hydrogens (tertiary/aromatic N) is 12. The van der Waals surface area contributed by atoms with Gasteiger partial charge in [0.15, 0.2) is 11.6 Å². The van der Waals surface area contributed by atoms with E-state index in [0.29, 0.717) is 11.6 Å². The first-order valence-corrected chi connectivity index (χ1v) is 34.8. The Bertz CT molecular complexity index is 4610. The highest BCUT2D eigenvalue weighted by Crippen LogP contribution is 2.28. The van der Waals surface area contributed by atoms with Crippen molar-refractivity contribution in [3.05, 3.63) is 348 Å². The van der Waals surface area contributed by atoms with Gasteiger partial charge in [-0.2, -0.15) is 0 Å². The third kappa shape index (κ3) is 24.2. The molecule has 0 saturated heterocycles. The minimum absolute atomic E-state index is 0.0201. The van der Waals surface area contributed by atoms with Gasteiger partial charge in [-0.05, 0) is 140 Å². The highest BCUT2D eigenvalue weighted by Gasteiger charge is 2.24. The Morgan fingerprint density at radius 2 is 0.709 bits per heavy atom. The summed E-state index contributed by atoms with van der Waals surface area (Å²) in [5.41, 5.74) is 23.7. The molecule has 0 fully saturated rings. The summed E-state index contributed by atoms with van der Waals surface area (Å²) < 4.78 is 0. The molecule has 520 valence electrons. The van der Waals surface area contributed by atoms with Crippen LogP contribution in [-0.2, 0) is 10.8 Å². The fourth-order valence-electron chi connectivity index (χ4n) is 10.4. The molecule has 0 unspecified atom stereocenters. The van der Waals surface area contributed by atoms with Crippen LogP contribution in [0.5, 0.6) is 0 Å². The normalized spacial score (nSPS) is 10.6. The summed E-state index contributed by atoms with van der Waals surface area (Å²) in [7, 11) is 0. The smallest absolute Gasteiger partial charge is 0.163 e. The molecule has 0 spiro atoms. The third-order valence-electron chi connectivity index (χ3n) is 16.2. The number of aryl methyl sites for hydroxylation is 10. The highest BCUT2D eigenvalue weighted by atomic mass is 15.0. The maximum Gasteiger partial charge on any atom is 0.163 e. The summed E-state index contributed by atoms with van der Waals surface area (Å²) in [6.45, 7) is 34.9. The van der Waals surface area contributed by atoms with Gasteiger partial charge in [0.25, 0.3) is 0 Å². The Hall–Kier alpha value is -11.8. The van der Waals surface area contributed by atoms with Gasteiger partial charge in [0.1, 0.15) is 23.3 Å². The second-order valence-electron chi connectivity index (χ2n) is 27.2. The molecule has 103 heavy (non-hydrogen) atoms. The fraction of sp³-hybridized carbons (Fsp3) is 0.209. The van der Waals surface area contributed by atoms with Crippen molar-refractivity contribution in [2.75, 3.05) is 0 Å². The minimum atomic E-state index is -0.0201. The Kier molecular flexibility index (Phi) is 28.1. The topological polar surface area (TPSA) is 155 Å². The Labute approximate surface area is 611 Å². The van der Waals surface area contributed by atoms with E-state index in [0.717, 1.165) is 91.1 Å². The summed E-state index contributed by atoms with van der Waals surface area (Å²) in [6, 6.07) is 84.0. The van der Waals surface area contributed by atoms with Crippen LogP contribution >= 0.6 is 0 Å². The van der Waals surface area contributed by atoms with Crippen LogP contribution in [0.15, 0.2) is 274 Å². The molecular formula is C91H96N12. The Balaban J connectivity index is 0.000000154. The van der Waals surface area contributed by atoms with Crippen LogP contribution in [-0.4, -0.2) is 59.8 Å². The number of benzene rings is 7. The van der Waals surface area contributed by atoms with Gasteiger partial charge >= 0.3 is 0 Å². The van der Waals surface area contributed by atoms with Crippen LogP contribution < -0.4 is 0 Å². The molecule has 14 rings (SSSR count). The molecule has 0 aliphatic heterocycles. The lowest BCUT2D eigenvalue weighted by Crippen LogP contribution is -2.24. The molecule has 7 aromatic heterocycles. The first-order chi connectivity index (χ1) is 49.4. The predicted molar refractivity (Wildman–Crippen MR) is 426 cm³/mol. The fourth-order valence-corrected chi connectivity index (χ4v) is 10.4. The molecule has 0 N–H and O–H groups in total. The molecule has 7 heterocycles. The van der Waals surface area contributed by atoms with Crippen molar-refractivity contribution in [1.29, 1.82) is 0 Å². The quantitative estimate of drug-likeness (QED) is 0.149. The lowest BCUT2D eigenvalue weighted by Gasteiger charge is -2.22. The average molecular weight is 1360 g/mol. The zero-order valence-electron chi connectivity index (χ0n) is 62.8.